The molecule has 3 heterocycles. The molecule has 0 N–H and O–H groups in total. The predicted molar refractivity (Wildman–Crippen MR) is 139 cm³/mol. The zero-order valence-corrected chi connectivity index (χ0v) is 21.2. The van der Waals surface area contributed by atoms with Crippen molar-refractivity contribution in [2.75, 3.05) is 0 Å². The second-order valence-corrected chi connectivity index (χ2v) is 16.6. The summed E-state index contributed by atoms with van der Waals surface area (Å²) >= 11 is 1.83. The number of benzene rings is 2. The van der Waals surface area contributed by atoms with Crippen molar-refractivity contribution < 1.29 is 4.42 Å². The quantitative estimate of drug-likeness (QED) is 0.258. The van der Waals surface area contributed by atoms with Gasteiger partial charge in [0.1, 0.15) is 8.07 Å². The lowest BCUT2D eigenvalue weighted by Crippen LogP contribution is -2.38. The van der Waals surface area contributed by atoms with Gasteiger partial charge in [0.25, 0.3) is 0 Å². The normalized spacial score (nSPS) is 13.0. The van der Waals surface area contributed by atoms with E-state index in [-0.39, 0.29) is 5.41 Å². The Morgan fingerprint density at radius 3 is 2.39 bits per heavy atom. The first-order chi connectivity index (χ1) is 14.6. The number of nitrogens with zero attached hydrogens (tertiary/aromatic N) is 1. The average Bonchev–Trinajstić information content (AvgIpc) is 3.23. The van der Waals surface area contributed by atoms with Crippen LogP contribution in [0.25, 0.3) is 42.4 Å². The maximum absolute atomic E-state index is 6.50. The Bertz CT molecular complexity index is 1460. The first-order valence-corrected chi connectivity index (χ1v) is 15.2. The van der Waals surface area contributed by atoms with Crippen molar-refractivity contribution in [2.24, 2.45) is 0 Å². The van der Waals surface area contributed by atoms with Crippen LogP contribution >= 0.6 is 11.3 Å². The number of thiophene rings is 1. The molecule has 0 atom stereocenters. The van der Waals surface area contributed by atoms with E-state index in [9.17, 15) is 0 Å². The second-order valence-electron chi connectivity index (χ2n) is 10.6. The molecule has 0 aliphatic rings. The molecule has 0 aliphatic heterocycles. The number of furan rings is 1. The third kappa shape index (κ3) is 3.24. The SMILES string of the molecule is Cc1c([Si](C)(C)C)oc2c1sc1c(-c3cc(C(C)(C)C)c4ccccc4c3)nccc12. The van der Waals surface area contributed by atoms with E-state index in [2.05, 4.69) is 89.8 Å². The summed E-state index contributed by atoms with van der Waals surface area (Å²) in [5, 5.41) is 4.99. The van der Waals surface area contributed by atoms with Gasteiger partial charge in [-0.2, -0.15) is 0 Å². The summed E-state index contributed by atoms with van der Waals surface area (Å²) < 4.78 is 9.00. The fraction of sp³-hybridized carbons (Fsp3) is 0.296. The van der Waals surface area contributed by atoms with Gasteiger partial charge in [-0.1, -0.05) is 64.7 Å². The highest BCUT2D eigenvalue weighted by molar-refractivity contribution is 7.26. The van der Waals surface area contributed by atoms with Gasteiger partial charge in [0, 0.05) is 22.7 Å². The molecule has 158 valence electrons. The lowest BCUT2D eigenvalue weighted by molar-refractivity contribution is 0.596. The molecule has 0 bridgehead atoms. The van der Waals surface area contributed by atoms with E-state index in [4.69, 9.17) is 9.40 Å². The van der Waals surface area contributed by atoms with Crippen molar-refractivity contribution in [1.29, 1.82) is 0 Å². The van der Waals surface area contributed by atoms with Gasteiger partial charge in [0.2, 0.25) is 0 Å². The van der Waals surface area contributed by atoms with Gasteiger partial charge >= 0.3 is 0 Å². The molecule has 31 heavy (non-hydrogen) atoms. The van der Waals surface area contributed by atoms with Crippen molar-refractivity contribution >= 4 is 55.9 Å². The van der Waals surface area contributed by atoms with Gasteiger partial charge in [0.15, 0.2) is 5.58 Å². The molecular weight excluding hydrogens is 414 g/mol. The molecule has 0 aliphatic carbocycles. The first kappa shape index (κ1) is 20.5. The van der Waals surface area contributed by atoms with E-state index >= 15 is 0 Å². The summed E-state index contributed by atoms with van der Waals surface area (Å²) in [5.41, 5.74) is 6.00. The average molecular weight is 444 g/mol. The van der Waals surface area contributed by atoms with E-state index in [1.54, 1.807) is 0 Å². The summed E-state index contributed by atoms with van der Waals surface area (Å²) in [6.07, 6.45) is 1.93. The van der Waals surface area contributed by atoms with E-state index in [0.717, 1.165) is 11.3 Å². The van der Waals surface area contributed by atoms with Crippen LogP contribution in [0.4, 0.5) is 0 Å². The van der Waals surface area contributed by atoms with Crippen LogP contribution in [0.3, 0.4) is 0 Å². The Hall–Kier alpha value is -2.43. The van der Waals surface area contributed by atoms with Crippen LogP contribution in [0.2, 0.25) is 19.6 Å². The molecule has 0 amide bonds. The Morgan fingerprint density at radius 1 is 0.935 bits per heavy atom. The van der Waals surface area contributed by atoms with E-state index in [1.807, 2.05) is 17.5 Å². The third-order valence-electron chi connectivity index (χ3n) is 6.07. The molecule has 5 aromatic rings. The number of fused-ring (bicyclic) bond motifs is 4. The molecule has 5 rings (SSSR count). The molecule has 2 aromatic carbocycles. The topological polar surface area (TPSA) is 26.0 Å². The van der Waals surface area contributed by atoms with Gasteiger partial charge in [-0.3, -0.25) is 4.98 Å². The monoisotopic (exact) mass is 443 g/mol. The van der Waals surface area contributed by atoms with E-state index in [1.165, 1.54) is 47.6 Å². The van der Waals surface area contributed by atoms with Crippen LogP contribution in [-0.2, 0) is 5.41 Å². The van der Waals surface area contributed by atoms with Crippen molar-refractivity contribution in [3.05, 3.63) is 59.8 Å². The van der Waals surface area contributed by atoms with Gasteiger partial charge in [-0.25, -0.2) is 0 Å². The summed E-state index contributed by atoms with van der Waals surface area (Å²) in [6, 6.07) is 15.4. The molecule has 0 radical (unpaired) electrons. The standard InChI is InChI=1S/C27H29NOSSi/c1-16-24-23(29-26(16)31(5,6)7)20-12-13-28-22(25(20)30-24)18-14-17-10-8-9-11-19(17)21(15-18)27(2,3)4/h8-15H,1-7H3. The third-order valence-corrected chi connectivity index (χ3v) is 9.22. The van der Waals surface area contributed by atoms with Crippen molar-refractivity contribution in [3.8, 4) is 11.3 Å². The number of hydrogen-bond donors (Lipinski definition) is 0. The van der Waals surface area contributed by atoms with Gasteiger partial charge in [-0.15, -0.1) is 11.3 Å². The molecule has 0 saturated carbocycles. The number of aromatic nitrogens is 1. The highest BCUT2D eigenvalue weighted by atomic mass is 32.1. The maximum Gasteiger partial charge on any atom is 0.152 e. The summed E-state index contributed by atoms with van der Waals surface area (Å²) in [7, 11) is -1.52. The van der Waals surface area contributed by atoms with Crippen LogP contribution in [0.5, 0.6) is 0 Å². The van der Waals surface area contributed by atoms with Crippen LogP contribution in [-0.4, -0.2) is 13.1 Å². The molecule has 0 spiro atoms. The molecule has 3 aromatic heterocycles. The lowest BCUT2D eigenvalue weighted by atomic mass is 9.82. The number of pyridine rings is 1. The highest BCUT2D eigenvalue weighted by Gasteiger charge is 2.28. The number of aryl methyl sites for hydroxylation is 1. The largest absolute Gasteiger partial charge is 0.464 e. The zero-order chi connectivity index (χ0) is 22.1. The fourth-order valence-corrected chi connectivity index (χ4v) is 7.60. The smallest absolute Gasteiger partial charge is 0.152 e. The Kier molecular flexibility index (Phi) is 4.48. The Morgan fingerprint density at radius 2 is 1.68 bits per heavy atom. The van der Waals surface area contributed by atoms with Crippen molar-refractivity contribution in [3.63, 3.8) is 0 Å². The molecule has 2 nitrogen and oxygen atoms in total. The van der Waals surface area contributed by atoms with E-state index in [0.29, 0.717) is 0 Å². The molecule has 0 unspecified atom stereocenters. The van der Waals surface area contributed by atoms with Gasteiger partial charge < -0.3 is 4.42 Å². The van der Waals surface area contributed by atoms with E-state index < -0.39 is 8.07 Å². The molecule has 0 saturated heterocycles. The molecule has 0 fully saturated rings. The molecule has 4 heteroatoms. The minimum Gasteiger partial charge on any atom is -0.464 e. The first-order valence-electron chi connectivity index (χ1n) is 10.9. The van der Waals surface area contributed by atoms with Crippen LogP contribution in [0, 0.1) is 6.92 Å². The summed E-state index contributed by atoms with van der Waals surface area (Å²) in [6.45, 7) is 16.1. The predicted octanol–water partition coefficient (Wildman–Crippen LogP) is 8.01. The van der Waals surface area contributed by atoms with Crippen LogP contribution in [0.1, 0.15) is 31.9 Å². The Labute approximate surface area is 188 Å². The van der Waals surface area contributed by atoms with Crippen molar-refractivity contribution in [2.45, 2.75) is 52.8 Å². The number of hydrogen-bond acceptors (Lipinski definition) is 3. The van der Waals surface area contributed by atoms with Crippen LogP contribution < -0.4 is 5.38 Å². The minimum atomic E-state index is -1.52. The summed E-state index contributed by atoms with van der Waals surface area (Å²) in [5.74, 6) is 0. The zero-order valence-electron chi connectivity index (χ0n) is 19.4. The van der Waals surface area contributed by atoms with Gasteiger partial charge in [0.05, 0.1) is 20.5 Å². The van der Waals surface area contributed by atoms with Crippen LogP contribution in [0.15, 0.2) is 53.1 Å². The molecular formula is C27H29NOSSi. The second kappa shape index (κ2) is 6.78. The lowest BCUT2D eigenvalue weighted by Gasteiger charge is -2.22. The maximum atomic E-state index is 6.50. The number of rotatable bonds is 2. The minimum absolute atomic E-state index is 0.0510. The Balaban J connectivity index is 1.81. The summed E-state index contributed by atoms with van der Waals surface area (Å²) in [4.78, 5) is 4.86. The van der Waals surface area contributed by atoms with Crippen molar-refractivity contribution in [1.82, 2.24) is 4.98 Å². The fourth-order valence-electron chi connectivity index (χ4n) is 4.62. The highest BCUT2D eigenvalue weighted by Crippen LogP contribution is 2.42. The van der Waals surface area contributed by atoms with Gasteiger partial charge in [-0.05, 0) is 46.9 Å².